The maximum atomic E-state index is 12.8. The zero-order valence-electron chi connectivity index (χ0n) is 15.2. The van der Waals surface area contributed by atoms with Gasteiger partial charge in [0, 0.05) is 25.2 Å². The predicted octanol–water partition coefficient (Wildman–Crippen LogP) is 3.13. The van der Waals surface area contributed by atoms with Crippen LogP contribution in [0.15, 0.2) is 33.9 Å². The van der Waals surface area contributed by atoms with Crippen molar-refractivity contribution >= 4 is 54.0 Å². The number of carbonyl (C=O) groups is 1. The predicted molar refractivity (Wildman–Crippen MR) is 110 cm³/mol. The second-order valence-electron chi connectivity index (χ2n) is 6.82. The molecule has 0 radical (unpaired) electrons. The number of benzene rings is 1. The van der Waals surface area contributed by atoms with Gasteiger partial charge in [-0.05, 0) is 24.3 Å². The average molecular weight is 452 g/mol. The number of amides is 1. The Bertz CT molecular complexity index is 1130. The highest BCUT2D eigenvalue weighted by atomic mass is 32.2. The van der Waals surface area contributed by atoms with Crippen molar-refractivity contribution in [1.82, 2.24) is 9.29 Å². The molecular weight excluding hydrogens is 434 g/mol. The number of sulfonamides is 1. The molecule has 0 bridgehead atoms. The Morgan fingerprint density at radius 2 is 2.10 bits per heavy atom. The van der Waals surface area contributed by atoms with Gasteiger partial charge in [-0.3, -0.25) is 4.79 Å². The molecule has 0 saturated carbocycles. The van der Waals surface area contributed by atoms with Crippen LogP contribution in [0.2, 0.25) is 0 Å². The van der Waals surface area contributed by atoms with Crippen molar-refractivity contribution in [3.05, 3.63) is 29.6 Å². The summed E-state index contributed by atoms with van der Waals surface area (Å²) in [6, 6.07) is 6.95. The van der Waals surface area contributed by atoms with Crippen molar-refractivity contribution in [3.63, 3.8) is 0 Å². The fourth-order valence-electron chi connectivity index (χ4n) is 3.49. The minimum absolute atomic E-state index is 0.174. The number of fused-ring (bicyclic) bond motifs is 2. The first-order chi connectivity index (χ1) is 14.0. The molecule has 1 fully saturated rings. The van der Waals surface area contributed by atoms with Gasteiger partial charge in [-0.2, -0.15) is 4.31 Å². The number of ether oxygens (including phenoxy) is 2. The van der Waals surface area contributed by atoms with Crippen molar-refractivity contribution in [2.24, 2.45) is 5.92 Å². The lowest BCUT2D eigenvalue weighted by Crippen LogP contribution is -2.43. The fourth-order valence-corrected chi connectivity index (χ4v) is 7.04. The van der Waals surface area contributed by atoms with E-state index in [-0.39, 0.29) is 19.2 Å². The van der Waals surface area contributed by atoms with Crippen LogP contribution in [-0.4, -0.2) is 43.5 Å². The molecule has 3 aromatic rings. The van der Waals surface area contributed by atoms with E-state index in [0.29, 0.717) is 40.2 Å². The molecule has 2 aromatic heterocycles. The molecule has 8 nitrogen and oxygen atoms in total. The van der Waals surface area contributed by atoms with Gasteiger partial charge in [0.15, 0.2) is 16.6 Å². The molecule has 2 aliphatic heterocycles. The summed E-state index contributed by atoms with van der Waals surface area (Å²) in [7, 11) is -3.55. The van der Waals surface area contributed by atoms with Crippen molar-refractivity contribution < 1.29 is 22.7 Å². The van der Waals surface area contributed by atoms with Crippen LogP contribution in [0, 0.1) is 5.92 Å². The molecule has 1 amide bonds. The number of thiazole rings is 1. The minimum Gasteiger partial charge on any atom is -0.454 e. The summed E-state index contributed by atoms with van der Waals surface area (Å²) in [5, 5.41) is 5.07. The van der Waals surface area contributed by atoms with Gasteiger partial charge in [0.1, 0.15) is 4.21 Å². The van der Waals surface area contributed by atoms with Crippen LogP contribution in [0.5, 0.6) is 11.5 Å². The number of nitrogens with one attached hydrogen (secondary N) is 1. The molecule has 0 spiro atoms. The summed E-state index contributed by atoms with van der Waals surface area (Å²) in [5.41, 5.74) is 0.722. The van der Waals surface area contributed by atoms with Crippen molar-refractivity contribution in [1.29, 1.82) is 0 Å². The Morgan fingerprint density at radius 3 is 2.90 bits per heavy atom. The largest absolute Gasteiger partial charge is 0.454 e. The van der Waals surface area contributed by atoms with E-state index in [1.165, 1.54) is 27.0 Å². The maximum absolute atomic E-state index is 12.8. The van der Waals surface area contributed by atoms with E-state index in [4.69, 9.17) is 9.47 Å². The highest BCUT2D eigenvalue weighted by Crippen LogP contribution is 2.39. The van der Waals surface area contributed by atoms with Gasteiger partial charge < -0.3 is 14.8 Å². The van der Waals surface area contributed by atoms with Crippen LogP contribution in [0.25, 0.3) is 10.2 Å². The SMILES string of the molecule is O=C(Nc1nc2cc3c(cc2s1)OCO3)C1CCCN(S(=O)(=O)c2cccs2)C1. The molecule has 29 heavy (non-hydrogen) atoms. The molecule has 1 unspecified atom stereocenters. The van der Waals surface area contributed by atoms with Gasteiger partial charge in [0.2, 0.25) is 12.7 Å². The smallest absolute Gasteiger partial charge is 0.252 e. The quantitative estimate of drug-likeness (QED) is 0.655. The van der Waals surface area contributed by atoms with Crippen LogP contribution in [0.1, 0.15) is 12.8 Å². The van der Waals surface area contributed by atoms with Gasteiger partial charge in [-0.25, -0.2) is 13.4 Å². The summed E-state index contributed by atoms with van der Waals surface area (Å²) >= 11 is 2.54. The third-order valence-electron chi connectivity index (χ3n) is 4.96. The molecule has 1 N–H and O–H groups in total. The molecule has 5 rings (SSSR count). The summed E-state index contributed by atoms with van der Waals surface area (Å²) in [5.74, 6) is 0.681. The van der Waals surface area contributed by atoms with Crippen molar-refractivity contribution in [2.45, 2.75) is 17.1 Å². The molecule has 2 aliphatic rings. The van der Waals surface area contributed by atoms with Crippen LogP contribution in [-0.2, 0) is 14.8 Å². The molecule has 4 heterocycles. The number of rotatable bonds is 4. The van der Waals surface area contributed by atoms with Gasteiger partial charge in [-0.1, -0.05) is 17.4 Å². The van der Waals surface area contributed by atoms with Crippen LogP contribution < -0.4 is 14.8 Å². The van der Waals surface area contributed by atoms with E-state index in [0.717, 1.165) is 10.2 Å². The number of thiophene rings is 1. The van der Waals surface area contributed by atoms with Crippen LogP contribution in [0.4, 0.5) is 5.13 Å². The summed E-state index contributed by atoms with van der Waals surface area (Å²) in [4.78, 5) is 17.2. The Morgan fingerprint density at radius 1 is 1.28 bits per heavy atom. The van der Waals surface area contributed by atoms with Gasteiger partial charge >= 0.3 is 0 Å². The van der Waals surface area contributed by atoms with E-state index >= 15 is 0 Å². The van der Waals surface area contributed by atoms with Gasteiger partial charge in [0.25, 0.3) is 10.0 Å². The average Bonchev–Trinajstić information content (AvgIpc) is 3.46. The molecule has 1 aromatic carbocycles. The number of aromatic nitrogens is 1. The normalized spacial score (nSPS) is 19.5. The molecule has 152 valence electrons. The Labute approximate surface area is 175 Å². The molecule has 0 aliphatic carbocycles. The van der Waals surface area contributed by atoms with Gasteiger partial charge in [0.05, 0.1) is 16.1 Å². The summed E-state index contributed by atoms with van der Waals surface area (Å²) < 4.78 is 38.9. The Hall–Kier alpha value is -2.21. The minimum atomic E-state index is -3.55. The number of anilines is 1. The summed E-state index contributed by atoms with van der Waals surface area (Å²) in [6.07, 6.45) is 1.28. The second kappa shape index (κ2) is 7.24. The first-order valence-corrected chi connectivity index (χ1v) is 12.2. The molecule has 1 saturated heterocycles. The highest BCUT2D eigenvalue weighted by Gasteiger charge is 2.34. The van der Waals surface area contributed by atoms with Crippen molar-refractivity contribution in [2.75, 3.05) is 25.2 Å². The monoisotopic (exact) mass is 451 g/mol. The number of hydrogen-bond donors (Lipinski definition) is 1. The zero-order valence-corrected chi connectivity index (χ0v) is 17.6. The Kier molecular flexibility index (Phi) is 4.69. The lowest BCUT2D eigenvalue weighted by molar-refractivity contribution is -0.120. The lowest BCUT2D eigenvalue weighted by atomic mass is 9.99. The third-order valence-corrected chi connectivity index (χ3v) is 9.13. The molecule has 11 heteroatoms. The molecular formula is C18H17N3O5S3. The Balaban J connectivity index is 1.31. The lowest BCUT2D eigenvalue weighted by Gasteiger charge is -2.30. The van der Waals surface area contributed by atoms with Crippen molar-refractivity contribution in [3.8, 4) is 11.5 Å². The van der Waals surface area contributed by atoms with Crippen LogP contribution in [0.3, 0.4) is 0 Å². The number of nitrogens with zero attached hydrogens (tertiary/aromatic N) is 2. The number of carbonyl (C=O) groups excluding carboxylic acids is 1. The third kappa shape index (κ3) is 3.48. The highest BCUT2D eigenvalue weighted by molar-refractivity contribution is 7.91. The summed E-state index contributed by atoms with van der Waals surface area (Å²) in [6.45, 7) is 0.798. The number of hydrogen-bond acceptors (Lipinski definition) is 8. The second-order valence-corrected chi connectivity index (χ2v) is 11.0. The first kappa shape index (κ1) is 18.8. The standard InChI is InChI=1S/C18H17N3O5S3/c22-17(11-3-1-5-21(9-11)29(23,24)16-4-2-6-27-16)20-18-19-12-7-13-14(26-10-25-13)8-15(12)28-18/h2,4,6-8,11H,1,3,5,9-10H2,(H,19,20,22). The van der Waals surface area contributed by atoms with Crippen LogP contribution >= 0.6 is 22.7 Å². The van der Waals surface area contributed by atoms with E-state index in [9.17, 15) is 13.2 Å². The maximum Gasteiger partial charge on any atom is 0.252 e. The van der Waals surface area contributed by atoms with E-state index in [2.05, 4.69) is 10.3 Å². The zero-order chi connectivity index (χ0) is 20.0. The van der Waals surface area contributed by atoms with E-state index in [1.54, 1.807) is 23.6 Å². The topological polar surface area (TPSA) is 97.8 Å². The number of piperidine rings is 1. The van der Waals surface area contributed by atoms with E-state index in [1.807, 2.05) is 6.07 Å². The van der Waals surface area contributed by atoms with Gasteiger partial charge in [-0.15, -0.1) is 11.3 Å². The van der Waals surface area contributed by atoms with E-state index < -0.39 is 15.9 Å². The molecule has 1 atom stereocenters. The fraction of sp³-hybridized carbons (Fsp3) is 0.333. The first-order valence-electron chi connectivity index (χ1n) is 9.05.